The molecular formula is C17H17N3OS2. The van der Waals surface area contributed by atoms with Gasteiger partial charge in [0.1, 0.15) is 4.32 Å². The van der Waals surface area contributed by atoms with E-state index in [1.165, 1.54) is 11.8 Å². The minimum atomic E-state index is -0.0791. The summed E-state index contributed by atoms with van der Waals surface area (Å²) in [6.07, 6.45) is 3.78. The molecule has 1 aromatic carbocycles. The highest BCUT2D eigenvalue weighted by molar-refractivity contribution is 8.26. The van der Waals surface area contributed by atoms with E-state index in [4.69, 9.17) is 12.2 Å². The van der Waals surface area contributed by atoms with Crippen molar-refractivity contribution in [3.05, 3.63) is 58.3 Å². The Hall–Kier alpha value is -1.92. The molecule has 1 saturated heterocycles. The summed E-state index contributed by atoms with van der Waals surface area (Å²) in [6.45, 7) is 3.93. The van der Waals surface area contributed by atoms with E-state index in [-0.39, 0.29) is 11.9 Å². The summed E-state index contributed by atoms with van der Waals surface area (Å²) in [5.74, 6) is -0.0420. The van der Waals surface area contributed by atoms with Gasteiger partial charge in [-0.1, -0.05) is 54.3 Å². The van der Waals surface area contributed by atoms with Crippen LogP contribution < -0.4 is 0 Å². The van der Waals surface area contributed by atoms with Crippen LogP contribution in [0.2, 0.25) is 0 Å². The predicted octanol–water partition coefficient (Wildman–Crippen LogP) is 3.69. The number of rotatable bonds is 3. The van der Waals surface area contributed by atoms with Gasteiger partial charge in [0.15, 0.2) is 0 Å². The van der Waals surface area contributed by atoms with Crippen LogP contribution in [0.1, 0.15) is 29.8 Å². The number of aryl methyl sites for hydroxylation is 2. The van der Waals surface area contributed by atoms with Crippen LogP contribution in [0.15, 0.2) is 41.4 Å². The Morgan fingerprint density at radius 2 is 2.00 bits per heavy atom. The molecule has 1 amide bonds. The summed E-state index contributed by atoms with van der Waals surface area (Å²) in [7, 11) is 1.87. The Kier molecular flexibility index (Phi) is 4.37. The van der Waals surface area contributed by atoms with Gasteiger partial charge < -0.3 is 0 Å². The van der Waals surface area contributed by atoms with Crippen LogP contribution in [-0.4, -0.2) is 24.9 Å². The molecule has 0 saturated carbocycles. The summed E-state index contributed by atoms with van der Waals surface area (Å²) < 4.78 is 2.34. The number of benzene rings is 1. The molecule has 0 spiro atoms. The van der Waals surface area contributed by atoms with Gasteiger partial charge in [0.25, 0.3) is 5.91 Å². The first kappa shape index (κ1) is 16.0. The van der Waals surface area contributed by atoms with Crippen molar-refractivity contribution in [1.82, 2.24) is 14.7 Å². The maximum Gasteiger partial charge on any atom is 0.266 e. The molecule has 1 aliphatic rings. The SMILES string of the molecule is Cc1nn(C)cc1C=C1SC(=S)N(C(C)c2ccccc2)C1=O. The zero-order valence-electron chi connectivity index (χ0n) is 13.2. The molecule has 1 aromatic heterocycles. The molecule has 1 aliphatic heterocycles. The zero-order chi connectivity index (χ0) is 16.6. The number of amides is 1. The van der Waals surface area contributed by atoms with E-state index in [2.05, 4.69) is 5.10 Å². The first-order chi connectivity index (χ1) is 11.0. The molecule has 1 fully saturated rings. The largest absolute Gasteiger partial charge is 0.286 e. The van der Waals surface area contributed by atoms with Crippen molar-refractivity contribution in [1.29, 1.82) is 0 Å². The number of carbonyl (C=O) groups excluding carboxylic acids is 1. The van der Waals surface area contributed by atoms with Crippen molar-refractivity contribution < 1.29 is 4.79 Å². The molecule has 0 aliphatic carbocycles. The topological polar surface area (TPSA) is 38.1 Å². The minimum Gasteiger partial charge on any atom is -0.286 e. The number of carbonyl (C=O) groups is 1. The molecule has 1 atom stereocenters. The average Bonchev–Trinajstić information content (AvgIpc) is 2.99. The molecule has 1 unspecified atom stereocenters. The van der Waals surface area contributed by atoms with E-state index in [0.29, 0.717) is 9.23 Å². The molecule has 2 aromatic rings. The third kappa shape index (κ3) is 3.09. The highest BCUT2D eigenvalue weighted by atomic mass is 32.2. The number of aromatic nitrogens is 2. The number of nitrogens with zero attached hydrogens (tertiary/aromatic N) is 3. The lowest BCUT2D eigenvalue weighted by atomic mass is 10.1. The standard InChI is InChI=1S/C17H17N3OS2/c1-11-14(10-19(3)18-11)9-15-16(21)20(17(22)23-15)12(2)13-7-5-4-6-8-13/h4-10,12H,1-3H3. The summed E-state index contributed by atoms with van der Waals surface area (Å²) in [5, 5.41) is 4.30. The fourth-order valence-corrected chi connectivity index (χ4v) is 4.00. The van der Waals surface area contributed by atoms with Crippen molar-refractivity contribution in [3.63, 3.8) is 0 Å². The van der Waals surface area contributed by atoms with E-state index in [0.717, 1.165) is 16.8 Å². The second-order valence-electron chi connectivity index (χ2n) is 5.48. The van der Waals surface area contributed by atoms with Crippen LogP contribution in [0.3, 0.4) is 0 Å². The Labute approximate surface area is 145 Å². The zero-order valence-corrected chi connectivity index (χ0v) is 14.8. The summed E-state index contributed by atoms with van der Waals surface area (Å²) in [4.78, 5) is 15.1. The van der Waals surface area contributed by atoms with Gasteiger partial charge in [-0.05, 0) is 25.5 Å². The molecular weight excluding hydrogens is 326 g/mol. The van der Waals surface area contributed by atoms with E-state index in [1.54, 1.807) is 9.58 Å². The summed E-state index contributed by atoms with van der Waals surface area (Å²) in [6, 6.07) is 9.85. The molecule has 2 heterocycles. The average molecular weight is 343 g/mol. The van der Waals surface area contributed by atoms with Crippen molar-refractivity contribution in [2.24, 2.45) is 7.05 Å². The fourth-order valence-electron chi connectivity index (χ4n) is 2.60. The lowest BCUT2D eigenvalue weighted by Gasteiger charge is -2.23. The van der Waals surface area contributed by atoms with Crippen molar-refractivity contribution >= 4 is 40.3 Å². The smallest absolute Gasteiger partial charge is 0.266 e. The van der Waals surface area contributed by atoms with Crippen molar-refractivity contribution in [2.75, 3.05) is 0 Å². The molecule has 0 N–H and O–H groups in total. The monoisotopic (exact) mass is 343 g/mol. The van der Waals surface area contributed by atoms with Gasteiger partial charge in [0.2, 0.25) is 0 Å². The van der Waals surface area contributed by atoms with Crippen LogP contribution in [0.4, 0.5) is 0 Å². The van der Waals surface area contributed by atoms with Crippen LogP contribution in [0.25, 0.3) is 6.08 Å². The van der Waals surface area contributed by atoms with Gasteiger partial charge in [-0.2, -0.15) is 5.10 Å². The third-order valence-corrected chi connectivity index (χ3v) is 5.16. The molecule has 23 heavy (non-hydrogen) atoms. The Morgan fingerprint density at radius 3 is 2.61 bits per heavy atom. The highest BCUT2D eigenvalue weighted by Gasteiger charge is 2.36. The summed E-state index contributed by atoms with van der Waals surface area (Å²) >= 11 is 6.78. The Bertz CT molecular complexity index is 795. The van der Waals surface area contributed by atoms with Crippen LogP contribution in [0.5, 0.6) is 0 Å². The maximum absolute atomic E-state index is 12.8. The van der Waals surface area contributed by atoms with Crippen molar-refractivity contribution in [2.45, 2.75) is 19.9 Å². The van der Waals surface area contributed by atoms with E-state index in [1.807, 2.05) is 63.5 Å². The van der Waals surface area contributed by atoms with Crippen LogP contribution in [0, 0.1) is 6.92 Å². The number of thioether (sulfide) groups is 1. The Morgan fingerprint density at radius 1 is 1.30 bits per heavy atom. The molecule has 0 radical (unpaired) electrons. The van der Waals surface area contributed by atoms with Gasteiger partial charge in [-0.25, -0.2) is 0 Å². The van der Waals surface area contributed by atoms with Crippen LogP contribution >= 0.6 is 24.0 Å². The molecule has 118 valence electrons. The van der Waals surface area contributed by atoms with E-state index in [9.17, 15) is 4.79 Å². The normalized spacial score (nSPS) is 18.0. The van der Waals surface area contributed by atoms with Gasteiger partial charge >= 0.3 is 0 Å². The second-order valence-corrected chi connectivity index (χ2v) is 7.16. The first-order valence-corrected chi connectivity index (χ1v) is 8.52. The number of hydrogen-bond acceptors (Lipinski definition) is 4. The third-order valence-electron chi connectivity index (χ3n) is 3.83. The molecule has 4 nitrogen and oxygen atoms in total. The molecule has 3 rings (SSSR count). The molecule has 0 bridgehead atoms. The van der Waals surface area contributed by atoms with E-state index >= 15 is 0 Å². The lowest BCUT2D eigenvalue weighted by Crippen LogP contribution is -2.30. The second kappa shape index (κ2) is 6.29. The van der Waals surface area contributed by atoms with Crippen molar-refractivity contribution in [3.8, 4) is 0 Å². The Balaban J connectivity index is 1.90. The van der Waals surface area contributed by atoms with Gasteiger partial charge in [0.05, 0.1) is 16.6 Å². The number of hydrogen-bond donors (Lipinski definition) is 0. The highest BCUT2D eigenvalue weighted by Crippen LogP contribution is 2.38. The van der Waals surface area contributed by atoms with Gasteiger partial charge in [-0.3, -0.25) is 14.4 Å². The first-order valence-electron chi connectivity index (χ1n) is 7.29. The predicted molar refractivity (Wildman–Crippen MR) is 97.8 cm³/mol. The van der Waals surface area contributed by atoms with Gasteiger partial charge in [0, 0.05) is 18.8 Å². The summed E-state index contributed by atoms with van der Waals surface area (Å²) in [5.41, 5.74) is 2.91. The number of thiocarbonyl (C=S) groups is 1. The van der Waals surface area contributed by atoms with E-state index < -0.39 is 0 Å². The molecule has 6 heteroatoms. The quantitative estimate of drug-likeness (QED) is 0.629. The van der Waals surface area contributed by atoms with Crippen LogP contribution in [-0.2, 0) is 11.8 Å². The minimum absolute atomic E-state index is 0.0420. The fraction of sp³-hybridized carbons (Fsp3) is 0.235. The maximum atomic E-state index is 12.8. The lowest BCUT2D eigenvalue weighted by molar-refractivity contribution is -0.123. The van der Waals surface area contributed by atoms with Gasteiger partial charge in [-0.15, -0.1) is 0 Å².